The lowest BCUT2D eigenvalue weighted by molar-refractivity contribution is -0.136. The fourth-order valence-electron chi connectivity index (χ4n) is 5.34. The Morgan fingerprint density at radius 1 is 1.09 bits per heavy atom. The first-order valence-electron chi connectivity index (χ1n) is 12.0. The zero-order valence-corrected chi connectivity index (χ0v) is 18.7. The van der Waals surface area contributed by atoms with Crippen molar-refractivity contribution in [2.24, 2.45) is 5.92 Å². The predicted molar refractivity (Wildman–Crippen MR) is 125 cm³/mol. The van der Waals surface area contributed by atoms with Gasteiger partial charge in [0.05, 0.1) is 12.8 Å². The van der Waals surface area contributed by atoms with E-state index in [-0.39, 0.29) is 12.0 Å². The summed E-state index contributed by atoms with van der Waals surface area (Å²) in [5.74, 6) is 1.88. The van der Waals surface area contributed by atoms with Crippen molar-refractivity contribution in [3.63, 3.8) is 0 Å². The molecule has 0 spiro atoms. The molecular weight excluding hydrogens is 416 g/mol. The molecule has 0 radical (unpaired) electrons. The van der Waals surface area contributed by atoms with E-state index in [9.17, 15) is 4.79 Å². The minimum atomic E-state index is 0.244. The van der Waals surface area contributed by atoms with E-state index in [4.69, 9.17) is 9.15 Å². The van der Waals surface area contributed by atoms with Gasteiger partial charge in [0.1, 0.15) is 11.3 Å². The summed E-state index contributed by atoms with van der Waals surface area (Å²) in [5, 5.41) is 5.70. The van der Waals surface area contributed by atoms with Crippen molar-refractivity contribution in [3.05, 3.63) is 48.7 Å². The first-order valence-corrected chi connectivity index (χ1v) is 12.0. The number of ether oxygens (including phenoxy) is 1. The van der Waals surface area contributed by atoms with Crippen LogP contribution in [0, 0.1) is 5.92 Å². The Balaban J connectivity index is 1.15. The summed E-state index contributed by atoms with van der Waals surface area (Å²) in [6, 6.07) is 14.0. The van der Waals surface area contributed by atoms with E-state index in [0.717, 1.165) is 66.7 Å². The number of carbonyl (C=O) groups is 1. The number of hydrogen-bond acceptors (Lipinski definition) is 5. The Bertz CT molecular complexity index is 1250. The number of amides is 1. The maximum absolute atomic E-state index is 12.9. The highest BCUT2D eigenvalue weighted by Gasteiger charge is 2.34. The van der Waals surface area contributed by atoms with Gasteiger partial charge in [-0.2, -0.15) is 0 Å². The van der Waals surface area contributed by atoms with Crippen LogP contribution in [0.25, 0.3) is 28.1 Å². The molecule has 2 aliphatic rings. The molecule has 1 saturated heterocycles. The van der Waals surface area contributed by atoms with Crippen LogP contribution in [0.5, 0.6) is 5.88 Å². The number of para-hydroxylation sites is 1. The van der Waals surface area contributed by atoms with Gasteiger partial charge in [0.15, 0.2) is 11.4 Å². The van der Waals surface area contributed by atoms with Gasteiger partial charge in [-0.1, -0.05) is 31.0 Å². The lowest BCUT2D eigenvalue weighted by Crippen LogP contribution is -2.39. The van der Waals surface area contributed by atoms with Crippen molar-refractivity contribution in [2.75, 3.05) is 13.2 Å². The number of aromatic nitrogens is 3. The van der Waals surface area contributed by atoms with Gasteiger partial charge in [0.25, 0.3) is 0 Å². The first kappa shape index (κ1) is 20.3. The standard InChI is InChI=1S/C26H28N4O3/c31-26(18-6-1-2-7-18)29-14-5-9-20(29)13-15-32-25-12-11-24-27-17-21(30(24)28-25)23-16-19-8-3-4-10-22(19)33-23/h3-4,8,10-12,16-18,20H,1-2,5-7,9,13-15H2. The van der Waals surface area contributed by atoms with Gasteiger partial charge in [-0.05, 0) is 43.9 Å². The van der Waals surface area contributed by atoms with Crippen LogP contribution in [0.2, 0.25) is 0 Å². The fourth-order valence-corrected chi connectivity index (χ4v) is 5.34. The molecule has 1 amide bonds. The molecule has 3 aromatic heterocycles. The van der Waals surface area contributed by atoms with Gasteiger partial charge >= 0.3 is 0 Å². The zero-order valence-electron chi connectivity index (χ0n) is 18.7. The quantitative estimate of drug-likeness (QED) is 0.414. The van der Waals surface area contributed by atoms with Crippen LogP contribution in [0.3, 0.4) is 0 Å². The van der Waals surface area contributed by atoms with E-state index in [1.54, 1.807) is 10.7 Å². The topological polar surface area (TPSA) is 72.9 Å². The maximum atomic E-state index is 12.9. The second-order valence-electron chi connectivity index (χ2n) is 9.18. The van der Waals surface area contributed by atoms with Crippen LogP contribution in [0.15, 0.2) is 53.1 Å². The molecule has 1 atom stereocenters. The molecule has 7 heteroatoms. The Labute approximate surface area is 192 Å². The van der Waals surface area contributed by atoms with Gasteiger partial charge in [-0.15, -0.1) is 5.10 Å². The number of rotatable bonds is 6. The van der Waals surface area contributed by atoms with Crippen LogP contribution in [-0.4, -0.2) is 44.6 Å². The largest absolute Gasteiger partial charge is 0.477 e. The molecule has 170 valence electrons. The SMILES string of the molecule is O=C(C1CCCC1)N1CCCC1CCOc1ccc2ncc(-c3cc4ccccc4o3)n2n1. The molecular formula is C26H28N4O3. The molecule has 0 N–H and O–H groups in total. The maximum Gasteiger partial charge on any atom is 0.231 e. The summed E-state index contributed by atoms with van der Waals surface area (Å²) in [7, 11) is 0. The number of imidazole rings is 1. The molecule has 33 heavy (non-hydrogen) atoms. The fraction of sp³-hybridized carbons (Fsp3) is 0.423. The van der Waals surface area contributed by atoms with E-state index in [0.29, 0.717) is 18.4 Å². The summed E-state index contributed by atoms with van der Waals surface area (Å²) in [6.45, 7) is 1.42. The van der Waals surface area contributed by atoms with Crippen molar-refractivity contribution < 1.29 is 13.9 Å². The molecule has 7 nitrogen and oxygen atoms in total. The summed E-state index contributed by atoms with van der Waals surface area (Å²) in [5.41, 5.74) is 2.36. The molecule has 1 unspecified atom stereocenters. The van der Waals surface area contributed by atoms with Crippen LogP contribution >= 0.6 is 0 Å². The number of likely N-dealkylation sites (tertiary alicyclic amines) is 1. The lowest BCUT2D eigenvalue weighted by Gasteiger charge is -2.27. The van der Waals surface area contributed by atoms with Crippen molar-refractivity contribution in [1.82, 2.24) is 19.5 Å². The Morgan fingerprint density at radius 3 is 2.85 bits per heavy atom. The van der Waals surface area contributed by atoms with E-state index < -0.39 is 0 Å². The third-order valence-electron chi connectivity index (χ3n) is 7.08. The minimum Gasteiger partial charge on any atom is -0.477 e. The van der Waals surface area contributed by atoms with Crippen molar-refractivity contribution in [3.8, 4) is 17.3 Å². The van der Waals surface area contributed by atoms with Crippen LogP contribution in [-0.2, 0) is 4.79 Å². The smallest absolute Gasteiger partial charge is 0.231 e. The number of carbonyl (C=O) groups excluding carboxylic acids is 1. The van der Waals surface area contributed by atoms with Crippen molar-refractivity contribution >= 4 is 22.5 Å². The van der Waals surface area contributed by atoms with Gasteiger partial charge in [-0.3, -0.25) is 4.79 Å². The molecule has 0 bridgehead atoms. The lowest BCUT2D eigenvalue weighted by atomic mass is 10.1. The minimum absolute atomic E-state index is 0.244. The summed E-state index contributed by atoms with van der Waals surface area (Å²) in [4.78, 5) is 19.5. The van der Waals surface area contributed by atoms with Gasteiger partial charge in [0.2, 0.25) is 11.8 Å². The summed E-state index contributed by atoms with van der Waals surface area (Å²) < 4.78 is 13.8. The third kappa shape index (κ3) is 3.86. The predicted octanol–water partition coefficient (Wildman–Crippen LogP) is 5.09. The summed E-state index contributed by atoms with van der Waals surface area (Å²) >= 11 is 0. The van der Waals surface area contributed by atoms with E-state index >= 15 is 0 Å². The summed E-state index contributed by atoms with van der Waals surface area (Å²) in [6.07, 6.45) is 9.25. The van der Waals surface area contributed by atoms with Crippen molar-refractivity contribution in [2.45, 2.75) is 51.0 Å². The molecule has 1 aromatic carbocycles. The molecule has 4 aromatic rings. The molecule has 4 heterocycles. The average Bonchev–Trinajstić information content (AvgIpc) is 3.64. The number of benzene rings is 1. The number of hydrogen-bond donors (Lipinski definition) is 0. The number of furan rings is 1. The first-order chi connectivity index (χ1) is 16.3. The molecule has 2 fully saturated rings. The second-order valence-corrected chi connectivity index (χ2v) is 9.18. The van der Waals surface area contributed by atoms with Crippen LogP contribution in [0.1, 0.15) is 44.9 Å². The monoisotopic (exact) mass is 444 g/mol. The van der Waals surface area contributed by atoms with E-state index in [1.807, 2.05) is 42.5 Å². The Kier molecular flexibility index (Phi) is 5.24. The highest BCUT2D eigenvalue weighted by molar-refractivity contribution is 5.82. The van der Waals surface area contributed by atoms with Gasteiger partial charge in [-0.25, -0.2) is 9.50 Å². The second kappa shape index (κ2) is 8.54. The third-order valence-corrected chi connectivity index (χ3v) is 7.08. The van der Waals surface area contributed by atoms with Crippen molar-refractivity contribution in [1.29, 1.82) is 0 Å². The normalized spacial score (nSPS) is 19.2. The van der Waals surface area contributed by atoms with E-state index in [2.05, 4.69) is 15.0 Å². The van der Waals surface area contributed by atoms with E-state index in [1.165, 1.54) is 12.8 Å². The number of nitrogens with zero attached hydrogens (tertiary/aromatic N) is 4. The highest BCUT2D eigenvalue weighted by atomic mass is 16.5. The Morgan fingerprint density at radius 2 is 1.97 bits per heavy atom. The molecule has 1 saturated carbocycles. The number of fused-ring (bicyclic) bond motifs is 2. The van der Waals surface area contributed by atoms with Crippen LogP contribution in [0.4, 0.5) is 0 Å². The van der Waals surface area contributed by atoms with Crippen LogP contribution < -0.4 is 4.74 Å². The molecule has 1 aliphatic carbocycles. The molecule has 1 aliphatic heterocycles. The highest BCUT2D eigenvalue weighted by Crippen LogP contribution is 2.31. The Hall–Kier alpha value is -3.35. The average molecular weight is 445 g/mol. The zero-order chi connectivity index (χ0) is 22.2. The molecule has 6 rings (SSSR count). The van der Waals surface area contributed by atoms with Gasteiger partial charge in [0, 0.05) is 36.4 Å². The van der Waals surface area contributed by atoms with Gasteiger partial charge < -0.3 is 14.1 Å².